The van der Waals surface area contributed by atoms with Crippen molar-refractivity contribution in [3.63, 3.8) is 0 Å². The number of nitrogens with one attached hydrogen (secondary N) is 1. The predicted molar refractivity (Wildman–Crippen MR) is 96.3 cm³/mol. The average Bonchev–Trinajstić information content (AvgIpc) is 2.49. The van der Waals surface area contributed by atoms with Crippen LogP contribution in [0.25, 0.3) is 0 Å². The molecule has 0 unspecified atom stereocenters. The van der Waals surface area contributed by atoms with Crippen LogP contribution in [0.5, 0.6) is 11.5 Å². The van der Waals surface area contributed by atoms with Gasteiger partial charge in [0.2, 0.25) is 0 Å². The highest BCUT2D eigenvalue weighted by Gasteiger charge is 2.26. The fourth-order valence-corrected chi connectivity index (χ4v) is 3.04. The molecule has 1 aliphatic rings. The first-order valence-electron chi connectivity index (χ1n) is 7.38. The van der Waals surface area contributed by atoms with E-state index in [4.69, 9.17) is 9.47 Å². The minimum absolute atomic E-state index is 0. The zero-order valence-electron chi connectivity index (χ0n) is 13.8. The van der Waals surface area contributed by atoms with Crippen molar-refractivity contribution in [1.29, 1.82) is 0 Å². The van der Waals surface area contributed by atoms with Crippen molar-refractivity contribution in [2.75, 3.05) is 40.4 Å². The van der Waals surface area contributed by atoms with E-state index < -0.39 is 0 Å². The summed E-state index contributed by atoms with van der Waals surface area (Å²) in [6.45, 7) is 8.53. The lowest BCUT2D eigenvalue weighted by Gasteiger charge is -2.36. The maximum atomic E-state index is 5.62. The molecule has 0 aliphatic carbocycles. The molecule has 0 saturated carbocycles. The molecule has 2 rings (SSSR count). The standard InChI is InChI=1S/C16H26N2O2.2ClH/c1-5-13(18-8-6-17-7-9-18)16-14(19-3)10-12(2)11-15(16)20-4;;/h10-11,13,17H,5-9H2,1-4H3;2*1H/t13-;;/m1../s1. The van der Waals surface area contributed by atoms with E-state index in [-0.39, 0.29) is 24.8 Å². The van der Waals surface area contributed by atoms with Gasteiger partial charge in [-0.05, 0) is 31.0 Å². The summed E-state index contributed by atoms with van der Waals surface area (Å²) < 4.78 is 11.2. The zero-order valence-corrected chi connectivity index (χ0v) is 15.5. The third-order valence-corrected chi connectivity index (χ3v) is 4.00. The van der Waals surface area contributed by atoms with Crippen molar-refractivity contribution in [2.45, 2.75) is 26.3 Å². The third-order valence-electron chi connectivity index (χ3n) is 4.00. The molecule has 0 radical (unpaired) electrons. The summed E-state index contributed by atoms with van der Waals surface area (Å²) in [7, 11) is 3.48. The van der Waals surface area contributed by atoms with E-state index in [0.29, 0.717) is 6.04 Å². The smallest absolute Gasteiger partial charge is 0.127 e. The fraction of sp³-hybridized carbons (Fsp3) is 0.625. The van der Waals surface area contributed by atoms with Crippen molar-refractivity contribution in [3.05, 3.63) is 23.3 Å². The second-order valence-corrected chi connectivity index (χ2v) is 5.29. The van der Waals surface area contributed by atoms with E-state index in [1.807, 2.05) is 0 Å². The van der Waals surface area contributed by atoms with Gasteiger partial charge in [-0.1, -0.05) is 6.92 Å². The van der Waals surface area contributed by atoms with Crippen LogP contribution in [-0.4, -0.2) is 45.3 Å². The van der Waals surface area contributed by atoms with Gasteiger partial charge in [0.25, 0.3) is 0 Å². The number of nitrogens with zero attached hydrogens (tertiary/aromatic N) is 1. The van der Waals surface area contributed by atoms with Crippen LogP contribution in [-0.2, 0) is 0 Å². The lowest BCUT2D eigenvalue weighted by Crippen LogP contribution is -2.45. The highest BCUT2D eigenvalue weighted by molar-refractivity contribution is 5.85. The van der Waals surface area contributed by atoms with Crippen LogP contribution in [0, 0.1) is 6.92 Å². The molecule has 1 aromatic rings. The van der Waals surface area contributed by atoms with E-state index in [2.05, 4.69) is 36.2 Å². The first-order valence-corrected chi connectivity index (χ1v) is 7.38. The lowest BCUT2D eigenvalue weighted by atomic mass is 9.98. The number of hydrogen-bond donors (Lipinski definition) is 1. The first kappa shape index (κ1) is 21.3. The van der Waals surface area contributed by atoms with Gasteiger partial charge in [0.15, 0.2) is 0 Å². The number of methoxy groups -OCH3 is 2. The number of ether oxygens (including phenoxy) is 2. The normalized spacial score (nSPS) is 16.2. The van der Waals surface area contributed by atoms with Crippen molar-refractivity contribution in [3.8, 4) is 11.5 Å². The Bertz CT molecular complexity index is 427. The minimum Gasteiger partial charge on any atom is -0.496 e. The minimum atomic E-state index is 0. The van der Waals surface area contributed by atoms with Crippen LogP contribution in [0.15, 0.2) is 12.1 Å². The Morgan fingerprint density at radius 1 is 1.09 bits per heavy atom. The van der Waals surface area contributed by atoms with Crippen molar-refractivity contribution in [2.24, 2.45) is 0 Å². The van der Waals surface area contributed by atoms with Gasteiger partial charge < -0.3 is 14.8 Å². The van der Waals surface area contributed by atoms with E-state index in [1.165, 1.54) is 5.56 Å². The van der Waals surface area contributed by atoms with E-state index in [9.17, 15) is 0 Å². The zero-order chi connectivity index (χ0) is 14.5. The van der Waals surface area contributed by atoms with Crippen LogP contribution in [0.1, 0.15) is 30.5 Å². The van der Waals surface area contributed by atoms with E-state index >= 15 is 0 Å². The van der Waals surface area contributed by atoms with Crippen LogP contribution in [0.4, 0.5) is 0 Å². The number of piperazine rings is 1. The molecule has 0 bridgehead atoms. The van der Waals surface area contributed by atoms with Gasteiger partial charge in [-0.25, -0.2) is 0 Å². The summed E-state index contributed by atoms with van der Waals surface area (Å²) in [5.41, 5.74) is 2.35. The third kappa shape index (κ3) is 4.66. The van der Waals surface area contributed by atoms with Gasteiger partial charge in [0, 0.05) is 32.2 Å². The number of benzene rings is 1. The maximum absolute atomic E-state index is 5.62. The molecule has 0 aromatic heterocycles. The van der Waals surface area contributed by atoms with Crippen LogP contribution in [0.2, 0.25) is 0 Å². The van der Waals surface area contributed by atoms with Crippen molar-refractivity contribution < 1.29 is 9.47 Å². The van der Waals surface area contributed by atoms with Crippen LogP contribution in [0.3, 0.4) is 0 Å². The molecule has 1 fully saturated rings. The highest BCUT2D eigenvalue weighted by atomic mass is 35.5. The topological polar surface area (TPSA) is 33.7 Å². The largest absolute Gasteiger partial charge is 0.496 e. The van der Waals surface area contributed by atoms with Gasteiger partial charge in [-0.3, -0.25) is 4.90 Å². The molecule has 1 aliphatic heterocycles. The molecule has 22 heavy (non-hydrogen) atoms. The Morgan fingerprint density at radius 3 is 2.00 bits per heavy atom. The molecule has 1 aromatic carbocycles. The quantitative estimate of drug-likeness (QED) is 0.883. The molecule has 1 saturated heterocycles. The van der Waals surface area contributed by atoms with Crippen LogP contribution < -0.4 is 14.8 Å². The van der Waals surface area contributed by atoms with Crippen molar-refractivity contribution >= 4 is 24.8 Å². The molecule has 4 nitrogen and oxygen atoms in total. The number of halogens is 2. The van der Waals surface area contributed by atoms with Gasteiger partial charge in [-0.2, -0.15) is 0 Å². The number of hydrogen-bond acceptors (Lipinski definition) is 4. The SMILES string of the molecule is CC[C@H](c1c(OC)cc(C)cc1OC)N1CCNCC1.Cl.Cl. The molecule has 6 heteroatoms. The Balaban J connectivity index is 0.00000220. The maximum Gasteiger partial charge on any atom is 0.127 e. The first-order chi connectivity index (χ1) is 9.71. The van der Waals surface area contributed by atoms with Crippen LogP contribution >= 0.6 is 24.8 Å². The molecular weight excluding hydrogens is 323 g/mol. The van der Waals surface area contributed by atoms with Crippen molar-refractivity contribution in [1.82, 2.24) is 10.2 Å². The molecule has 1 heterocycles. The summed E-state index contributed by atoms with van der Waals surface area (Å²) >= 11 is 0. The van der Waals surface area contributed by atoms with Gasteiger partial charge in [0.1, 0.15) is 11.5 Å². The Morgan fingerprint density at radius 2 is 1.59 bits per heavy atom. The fourth-order valence-electron chi connectivity index (χ4n) is 3.04. The average molecular weight is 351 g/mol. The Labute approximate surface area is 146 Å². The molecular formula is C16H28Cl2N2O2. The van der Waals surface area contributed by atoms with E-state index in [1.54, 1.807) is 14.2 Å². The Kier molecular flexibility index (Phi) is 9.85. The molecule has 0 amide bonds. The van der Waals surface area contributed by atoms with Gasteiger partial charge in [-0.15, -0.1) is 24.8 Å². The summed E-state index contributed by atoms with van der Waals surface area (Å²) in [6.07, 6.45) is 1.05. The lowest BCUT2D eigenvalue weighted by molar-refractivity contribution is 0.163. The Hall–Kier alpha value is -0.680. The molecule has 1 N–H and O–H groups in total. The second kappa shape index (κ2) is 10.2. The molecule has 0 spiro atoms. The van der Waals surface area contributed by atoms with Gasteiger partial charge >= 0.3 is 0 Å². The summed E-state index contributed by atoms with van der Waals surface area (Å²) in [4.78, 5) is 2.52. The summed E-state index contributed by atoms with van der Waals surface area (Å²) in [5.74, 6) is 1.87. The monoisotopic (exact) mass is 350 g/mol. The summed E-state index contributed by atoms with van der Waals surface area (Å²) in [5, 5.41) is 3.41. The number of aryl methyl sites for hydroxylation is 1. The summed E-state index contributed by atoms with van der Waals surface area (Å²) in [6, 6.07) is 4.55. The van der Waals surface area contributed by atoms with Gasteiger partial charge in [0.05, 0.1) is 19.8 Å². The highest BCUT2D eigenvalue weighted by Crippen LogP contribution is 2.39. The van der Waals surface area contributed by atoms with E-state index in [0.717, 1.165) is 49.7 Å². The second-order valence-electron chi connectivity index (χ2n) is 5.29. The number of rotatable bonds is 5. The predicted octanol–water partition coefficient (Wildman–Crippen LogP) is 3.21. The molecule has 1 atom stereocenters. The molecule has 128 valence electrons.